The van der Waals surface area contributed by atoms with Gasteiger partial charge in [-0.3, -0.25) is 10.1 Å². The first-order chi connectivity index (χ1) is 9.85. The average molecular weight is 309 g/mol. The zero-order valence-electron chi connectivity index (χ0n) is 12.2. The van der Waals surface area contributed by atoms with E-state index in [2.05, 4.69) is 5.32 Å². The van der Waals surface area contributed by atoms with Gasteiger partial charge in [0.05, 0.1) is 13.2 Å². The van der Waals surface area contributed by atoms with Gasteiger partial charge in [-0.2, -0.15) is 13.2 Å². The van der Waals surface area contributed by atoms with Gasteiger partial charge in [-0.05, 0) is 32.1 Å². The highest BCUT2D eigenvalue weighted by Crippen LogP contribution is 2.36. The molecule has 2 rings (SSSR count). The summed E-state index contributed by atoms with van der Waals surface area (Å²) in [6.45, 7) is 0.0743. The molecule has 0 aromatic rings. The molecule has 1 N–H and O–H groups in total. The molecule has 0 aromatic carbocycles. The second-order valence-electron chi connectivity index (χ2n) is 5.95. The number of nitrogens with one attached hydrogen (secondary N) is 1. The molecule has 21 heavy (non-hydrogen) atoms. The Kier molecular flexibility index (Phi) is 5.14. The summed E-state index contributed by atoms with van der Waals surface area (Å²) >= 11 is 0. The molecule has 7 heteroatoms. The van der Waals surface area contributed by atoms with Crippen LogP contribution in [0.3, 0.4) is 0 Å². The van der Waals surface area contributed by atoms with Crippen LogP contribution in [0, 0.1) is 0 Å². The molecule has 0 aromatic heterocycles. The van der Waals surface area contributed by atoms with Gasteiger partial charge in [0.2, 0.25) is 0 Å². The van der Waals surface area contributed by atoms with Crippen LogP contribution in [-0.4, -0.2) is 43.5 Å². The molecule has 0 spiro atoms. The number of hydrogen-bond donors (Lipinski definition) is 1. The zero-order chi connectivity index (χ0) is 15.5. The molecular weight excluding hydrogens is 287 g/mol. The molecule has 2 aliphatic carbocycles. The minimum Gasteiger partial charge on any atom is -0.468 e. The van der Waals surface area contributed by atoms with Crippen molar-refractivity contribution in [2.45, 2.75) is 68.8 Å². The monoisotopic (exact) mass is 309 g/mol. The lowest BCUT2D eigenvalue weighted by Gasteiger charge is -2.27. The van der Waals surface area contributed by atoms with Gasteiger partial charge in [0.1, 0.15) is 5.54 Å². The maximum absolute atomic E-state index is 12.1. The van der Waals surface area contributed by atoms with Crippen molar-refractivity contribution in [3.05, 3.63) is 0 Å². The minimum atomic E-state index is -4.14. The number of halogens is 3. The van der Waals surface area contributed by atoms with Crippen molar-refractivity contribution in [3.63, 3.8) is 0 Å². The summed E-state index contributed by atoms with van der Waals surface area (Å²) in [6, 6.07) is 0.355. The third-order valence-electron chi connectivity index (χ3n) is 4.06. The van der Waals surface area contributed by atoms with Crippen LogP contribution >= 0.6 is 0 Å². The largest absolute Gasteiger partial charge is 0.468 e. The molecule has 4 nitrogen and oxygen atoms in total. The van der Waals surface area contributed by atoms with Crippen molar-refractivity contribution in [1.29, 1.82) is 0 Å². The van der Waals surface area contributed by atoms with Gasteiger partial charge in [-0.25, -0.2) is 0 Å². The molecule has 2 atom stereocenters. The number of ether oxygens (including phenoxy) is 2. The highest BCUT2D eigenvalue weighted by Gasteiger charge is 2.49. The van der Waals surface area contributed by atoms with E-state index in [-0.39, 0.29) is 25.1 Å². The Morgan fingerprint density at radius 1 is 1.33 bits per heavy atom. The van der Waals surface area contributed by atoms with Crippen LogP contribution in [0.5, 0.6) is 0 Å². The Bertz CT molecular complexity index is 371. The Hall–Kier alpha value is -0.820. The molecular formula is C14H22F3NO3. The molecule has 0 heterocycles. The van der Waals surface area contributed by atoms with Crippen molar-refractivity contribution in [1.82, 2.24) is 5.32 Å². The molecule has 2 unspecified atom stereocenters. The molecule has 122 valence electrons. The number of hydrogen-bond acceptors (Lipinski definition) is 4. The Morgan fingerprint density at radius 3 is 2.62 bits per heavy atom. The topological polar surface area (TPSA) is 47.6 Å². The van der Waals surface area contributed by atoms with Crippen LogP contribution in [0.1, 0.15) is 44.9 Å². The Morgan fingerprint density at radius 2 is 2.05 bits per heavy atom. The van der Waals surface area contributed by atoms with Crippen molar-refractivity contribution in [2.24, 2.45) is 0 Å². The smallest absolute Gasteiger partial charge is 0.389 e. The molecule has 0 radical (unpaired) electrons. The first-order valence-corrected chi connectivity index (χ1v) is 7.39. The number of methoxy groups -OCH3 is 1. The lowest BCUT2D eigenvalue weighted by atomic mass is 9.97. The average Bonchev–Trinajstić information content (AvgIpc) is 3.12. The number of rotatable bonds is 7. The van der Waals surface area contributed by atoms with Crippen molar-refractivity contribution >= 4 is 5.97 Å². The fourth-order valence-corrected chi connectivity index (χ4v) is 2.85. The lowest BCUT2D eigenvalue weighted by molar-refractivity contribution is -0.149. The molecule has 0 bridgehead atoms. The second kappa shape index (κ2) is 6.52. The van der Waals surface area contributed by atoms with Crippen LogP contribution < -0.4 is 5.32 Å². The van der Waals surface area contributed by atoms with E-state index in [4.69, 9.17) is 9.47 Å². The molecule has 2 fully saturated rings. The normalized spacial score (nSPS) is 29.6. The summed E-state index contributed by atoms with van der Waals surface area (Å²) in [5.74, 6) is -0.296. The maximum Gasteiger partial charge on any atom is 0.389 e. The van der Waals surface area contributed by atoms with Crippen molar-refractivity contribution in [3.8, 4) is 0 Å². The number of carbonyl (C=O) groups excluding carboxylic acids is 1. The SMILES string of the molecule is COC(=O)C1(NC2CC2)CCC(OCCCC(F)(F)F)C1. The third kappa shape index (κ3) is 4.85. The van der Waals surface area contributed by atoms with Gasteiger partial charge < -0.3 is 9.47 Å². The van der Waals surface area contributed by atoms with Crippen molar-refractivity contribution in [2.75, 3.05) is 13.7 Å². The van der Waals surface area contributed by atoms with E-state index < -0.39 is 18.1 Å². The van der Waals surface area contributed by atoms with Gasteiger partial charge in [0.15, 0.2) is 0 Å². The van der Waals surface area contributed by atoms with Crippen molar-refractivity contribution < 1.29 is 27.4 Å². The summed E-state index contributed by atoms with van der Waals surface area (Å²) in [6.07, 6.45) is -1.33. The van der Waals surface area contributed by atoms with Crippen LogP contribution in [-0.2, 0) is 14.3 Å². The third-order valence-corrected chi connectivity index (χ3v) is 4.06. The van der Waals surface area contributed by atoms with Crippen LogP contribution in [0.4, 0.5) is 13.2 Å². The highest BCUT2D eigenvalue weighted by atomic mass is 19.4. The van der Waals surface area contributed by atoms with Gasteiger partial charge in [-0.1, -0.05) is 0 Å². The second-order valence-corrected chi connectivity index (χ2v) is 5.95. The highest BCUT2D eigenvalue weighted by molar-refractivity contribution is 5.81. The number of alkyl halides is 3. The van der Waals surface area contributed by atoms with E-state index in [1.165, 1.54) is 7.11 Å². The predicted molar refractivity (Wildman–Crippen MR) is 69.8 cm³/mol. The first kappa shape index (κ1) is 16.5. The lowest BCUT2D eigenvalue weighted by Crippen LogP contribution is -2.52. The van der Waals surface area contributed by atoms with Crippen LogP contribution in [0.15, 0.2) is 0 Å². The Labute approximate surface area is 122 Å². The number of carbonyl (C=O) groups is 1. The van der Waals surface area contributed by atoms with Crippen LogP contribution in [0.25, 0.3) is 0 Å². The summed E-state index contributed by atoms with van der Waals surface area (Å²) in [4.78, 5) is 12.0. The van der Waals surface area contributed by atoms with Crippen LogP contribution in [0.2, 0.25) is 0 Å². The molecule has 0 amide bonds. The van der Waals surface area contributed by atoms with E-state index in [1.807, 2.05) is 0 Å². The van der Waals surface area contributed by atoms with Gasteiger partial charge >= 0.3 is 12.1 Å². The number of esters is 1. The standard InChI is InChI=1S/C14H22F3NO3/c1-20-12(19)13(18-10-3-4-10)7-5-11(9-13)21-8-2-6-14(15,16)17/h10-11,18H,2-9H2,1H3. The van der Waals surface area contributed by atoms with E-state index in [0.717, 1.165) is 12.8 Å². The molecule has 0 saturated heterocycles. The molecule has 2 aliphatic rings. The fourth-order valence-electron chi connectivity index (χ4n) is 2.85. The van der Waals surface area contributed by atoms with E-state index in [9.17, 15) is 18.0 Å². The molecule has 0 aliphatic heterocycles. The summed E-state index contributed by atoms with van der Waals surface area (Å²) < 4.78 is 46.5. The van der Waals surface area contributed by atoms with E-state index in [0.29, 0.717) is 25.3 Å². The summed E-state index contributed by atoms with van der Waals surface area (Å²) in [7, 11) is 1.36. The zero-order valence-corrected chi connectivity index (χ0v) is 12.2. The fraction of sp³-hybridized carbons (Fsp3) is 0.929. The van der Waals surface area contributed by atoms with E-state index in [1.54, 1.807) is 0 Å². The quantitative estimate of drug-likeness (QED) is 0.580. The first-order valence-electron chi connectivity index (χ1n) is 7.39. The predicted octanol–water partition coefficient (Wildman–Crippen LogP) is 2.56. The van der Waals surface area contributed by atoms with Gasteiger partial charge in [-0.15, -0.1) is 0 Å². The molecule has 2 saturated carbocycles. The Balaban J connectivity index is 1.78. The van der Waals surface area contributed by atoms with Gasteiger partial charge in [0, 0.05) is 25.5 Å². The van der Waals surface area contributed by atoms with Gasteiger partial charge in [0.25, 0.3) is 0 Å². The van der Waals surface area contributed by atoms with E-state index >= 15 is 0 Å². The summed E-state index contributed by atoms with van der Waals surface area (Å²) in [5, 5.41) is 3.33. The maximum atomic E-state index is 12.1. The summed E-state index contributed by atoms with van der Waals surface area (Å²) in [5.41, 5.74) is -0.718. The minimum absolute atomic E-state index is 0.0404.